The number of aliphatic carboxylic acids is 3. The predicted molar refractivity (Wildman–Crippen MR) is 214 cm³/mol. The zero-order valence-electron chi connectivity index (χ0n) is 33.8. The lowest BCUT2D eigenvalue weighted by Crippen LogP contribution is -2.66. The van der Waals surface area contributed by atoms with E-state index in [9.17, 15) is 85.3 Å². The first-order chi connectivity index (χ1) is 31.7. The van der Waals surface area contributed by atoms with Crippen molar-refractivity contribution in [3.63, 3.8) is 0 Å². The molecule has 0 aliphatic carbocycles. The number of hydrogen-bond acceptors (Lipinski definition) is 22. The van der Waals surface area contributed by atoms with E-state index >= 15 is 0 Å². The average molecular weight is 945 g/mol. The van der Waals surface area contributed by atoms with E-state index < -0.39 is 127 Å². The van der Waals surface area contributed by atoms with Gasteiger partial charge in [0.25, 0.3) is 0 Å². The molecule has 4 aromatic rings. The molecule has 67 heavy (non-hydrogen) atoms. The van der Waals surface area contributed by atoms with Crippen molar-refractivity contribution in [3.8, 4) is 34.3 Å². The second-order valence-corrected chi connectivity index (χ2v) is 15.2. The molecule has 3 aliphatic heterocycles. The van der Waals surface area contributed by atoms with E-state index in [1.165, 1.54) is 54.6 Å². The summed E-state index contributed by atoms with van der Waals surface area (Å²) in [5.74, 6) is -7.84. The molecule has 0 amide bonds. The number of aromatic hydroxyl groups is 2. The molecular formula is C42H40O25. The molecule has 25 heteroatoms. The van der Waals surface area contributed by atoms with Crippen molar-refractivity contribution in [2.45, 2.75) is 92.1 Å². The Morgan fingerprint density at radius 3 is 1.70 bits per heavy atom. The van der Waals surface area contributed by atoms with E-state index in [1.54, 1.807) is 0 Å². The topological polar surface area (TPSA) is 406 Å². The summed E-state index contributed by atoms with van der Waals surface area (Å²) in [4.78, 5) is 61.7. The van der Waals surface area contributed by atoms with Gasteiger partial charge in [-0.05, 0) is 48.0 Å². The molecule has 3 fully saturated rings. The van der Waals surface area contributed by atoms with Gasteiger partial charge in [-0.2, -0.15) is 0 Å². The summed E-state index contributed by atoms with van der Waals surface area (Å²) in [6.45, 7) is 0. The van der Waals surface area contributed by atoms with E-state index in [0.29, 0.717) is 5.56 Å². The lowest BCUT2D eigenvalue weighted by molar-refractivity contribution is -0.350. The summed E-state index contributed by atoms with van der Waals surface area (Å²) in [7, 11) is 0. The van der Waals surface area contributed by atoms with Gasteiger partial charge in [-0.25, -0.2) is 19.2 Å². The fourth-order valence-electron chi connectivity index (χ4n) is 7.20. The Kier molecular flexibility index (Phi) is 14.1. The second-order valence-electron chi connectivity index (χ2n) is 15.2. The number of carboxylic acid groups (broad SMARTS) is 3. The maximum absolute atomic E-state index is 13.2. The zero-order chi connectivity index (χ0) is 48.6. The highest BCUT2D eigenvalue weighted by Gasteiger charge is 2.55. The minimum atomic E-state index is -2.24. The number of carbonyl (C=O) groups is 4. The van der Waals surface area contributed by atoms with E-state index in [0.717, 1.165) is 24.3 Å². The third-order valence-corrected chi connectivity index (χ3v) is 10.7. The summed E-state index contributed by atoms with van der Waals surface area (Å²) in [6.07, 6.45) is -29.4. The number of aliphatic hydroxyl groups is 7. The monoisotopic (exact) mass is 944 g/mol. The summed E-state index contributed by atoms with van der Waals surface area (Å²) in [5.41, 5.74) is -0.502. The Balaban J connectivity index is 1.13. The molecule has 0 spiro atoms. The molecule has 3 aliphatic rings. The number of esters is 1. The van der Waals surface area contributed by atoms with Gasteiger partial charge in [-0.3, -0.25) is 4.79 Å². The summed E-state index contributed by atoms with van der Waals surface area (Å²) in [6, 6.07) is 13.6. The molecule has 12 N–H and O–H groups in total. The summed E-state index contributed by atoms with van der Waals surface area (Å²) < 4.78 is 44.2. The lowest BCUT2D eigenvalue weighted by Gasteiger charge is -2.45. The zero-order valence-corrected chi connectivity index (χ0v) is 33.8. The Morgan fingerprint density at radius 2 is 1.10 bits per heavy atom. The number of ether oxygens (including phenoxy) is 7. The van der Waals surface area contributed by atoms with Crippen molar-refractivity contribution in [2.24, 2.45) is 0 Å². The lowest BCUT2D eigenvalue weighted by atomic mass is 9.96. The Bertz CT molecular complexity index is 2560. The smallest absolute Gasteiger partial charge is 0.335 e. The van der Waals surface area contributed by atoms with Gasteiger partial charge in [0.2, 0.25) is 12.6 Å². The van der Waals surface area contributed by atoms with Gasteiger partial charge in [-0.1, -0.05) is 12.1 Å². The van der Waals surface area contributed by atoms with Crippen LogP contribution in [0.2, 0.25) is 0 Å². The summed E-state index contributed by atoms with van der Waals surface area (Å²) >= 11 is 0. The normalized spacial score (nSPS) is 32.1. The first-order valence-corrected chi connectivity index (χ1v) is 19.7. The largest absolute Gasteiger partial charge is 0.508 e. The molecule has 4 heterocycles. The maximum atomic E-state index is 13.2. The number of phenols is 2. The van der Waals surface area contributed by atoms with Crippen molar-refractivity contribution in [1.29, 1.82) is 0 Å². The van der Waals surface area contributed by atoms with Crippen LogP contribution in [0.15, 0.2) is 82.0 Å². The van der Waals surface area contributed by atoms with Gasteiger partial charge in [0, 0.05) is 29.8 Å². The molecule has 3 aromatic carbocycles. The molecule has 0 bridgehead atoms. The first kappa shape index (κ1) is 48.2. The number of phenolic OH excluding ortho intramolecular Hbond substituents is 2. The van der Waals surface area contributed by atoms with Gasteiger partial charge in [0.1, 0.15) is 82.5 Å². The molecular weight excluding hydrogens is 904 g/mol. The quantitative estimate of drug-likeness (QED) is 0.0491. The van der Waals surface area contributed by atoms with Crippen LogP contribution < -0.4 is 14.9 Å². The van der Waals surface area contributed by atoms with E-state index in [4.69, 9.17) is 37.6 Å². The van der Waals surface area contributed by atoms with Gasteiger partial charge in [-0.15, -0.1) is 0 Å². The number of benzene rings is 3. The van der Waals surface area contributed by atoms with Gasteiger partial charge in [0.05, 0.1) is 0 Å². The van der Waals surface area contributed by atoms with Gasteiger partial charge >= 0.3 is 23.9 Å². The highest BCUT2D eigenvalue weighted by molar-refractivity contribution is 5.87. The van der Waals surface area contributed by atoms with Crippen LogP contribution in [-0.4, -0.2) is 177 Å². The highest BCUT2D eigenvalue weighted by atomic mass is 16.8. The second kappa shape index (κ2) is 19.6. The minimum absolute atomic E-state index is 0.0675. The van der Waals surface area contributed by atoms with Crippen LogP contribution >= 0.6 is 0 Å². The van der Waals surface area contributed by atoms with Crippen molar-refractivity contribution in [2.75, 3.05) is 0 Å². The van der Waals surface area contributed by atoms with Gasteiger partial charge in [0.15, 0.2) is 42.2 Å². The molecule has 358 valence electrons. The van der Waals surface area contributed by atoms with Crippen molar-refractivity contribution >= 4 is 40.9 Å². The molecule has 15 atom stereocenters. The molecule has 0 radical (unpaired) electrons. The molecule has 3 saturated heterocycles. The van der Waals surface area contributed by atoms with Crippen LogP contribution in [0, 0.1) is 0 Å². The van der Waals surface area contributed by atoms with Crippen molar-refractivity contribution in [1.82, 2.24) is 0 Å². The Morgan fingerprint density at radius 1 is 0.567 bits per heavy atom. The number of aliphatic hydroxyl groups excluding tert-OH is 7. The van der Waals surface area contributed by atoms with Crippen molar-refractivity contribution < 1.29 is 118 Å². The predicted octanol–water partition coefficient (Wildman–Crippen LogP) is -2.41. The van der Waals surface area contributed by atoms with E-state index in [-0.39, 0.29) is 39.5 Å². The number of rotatable bonds is 13. The molecule has 7 rings (SSSR count). The van der Waals surface area contributed by atoms with Crippen LogP contribution in [0.3, 0.4) is 0 Å². The molecule has 0 saturated carbocycles. The minimum Gasteiger partial charge on any atom is -0.508 e. The van der Waals surface area contributed by atoms with Crippen LogP contribution in [-0.2, 0) is 42.9 Å². The number of carboxylic acids is 3. The van der Waals surface area contributed by atoms with Gasteiger partial charge < -0.3 is 98.9 Å². The molecule has 1 aromatic heterocycles. The molecule has 25 nitrogen and oxygen atoms in total. The van der Waals surface area contributed by atoms with E-state index in [2.05, 4.69) is 0 Å². The molecule has 0 unspecified atom stereocenters. The average Bonchev–Trinajstić information content (AvgIpc) is 3.27. The number of hydrogen-bond donors (Lipinski definition) is 12. The summed E-state index contributed by atoms with van der Waals surface area (Å²) in [5, 5.41) is 123. The SMILES string of the molecule is O=C(C=Cc1ccc(O)cc1)O[C@H]1[C@H](O[C@@H]2[C@H](Oc3ccc(-c4cc(=O)c5c(O)cc(O[C@H]6O[C@H](C(=O)O)[C@@H](O)[C@@H](O)[C@H]6O)cc5o4)cc3)O[C@@H](C(=O)O)[C@@H](O)[C@@H]2O)O[C@@H](C(=O)O)[C@@H](O)[C@H]1O. The number of carbonyl (C=O) groups excluding carboxylic acids is 1. The Labute approximate surface area is 373 Å². The fourth-order valence-corrected chi connectivity index (χ4v) is 7.20. The third-order valence-electron chi connectivity index (χ3n) is 10.7. The number of fused-ring (bicyclic) bond motifs is 1. The standard InChI is InChI=1S/C42H40O25/c43-16-6-1-14(2-7-16)3-10-23(46)63-35-29(51)27(49)34(39(58)59)66-42(35)67-36-30(52)28(50)33(38(56)57)65-41(36)60-17-8-4-15(5-9-17)21-13-20(45)24-19(44)11-18(12-22(24)62-21)61-40-31(53)25(47)26(48)32(64-40)37(54)55/h1-13,25-36,40-44,47-53H,(H,54,55)(H,56,57)(H,58,59)/t25-,26+,27+,28+,29-,30+,31-,32+,33-,34-,35-,36+,40+,41-,42+/m1/s1. The van der Waals surface area contributed by atoms with Crippen LogP contribution in [0.4, 0.5) is 0 Å². The van der Waals surface area contributed by atoms with Crippen molar-refractivity contribution in [3.05, 3.63) is 88.6 Å². The van der Waals surface area contributed by atoms with Crippen LogP contribution in [0.5, 0.6) is 23.0 Å². The Hall–Kier alpha value is -6.75. The third kappa shape index (κ3) is 10.2. The van der Waals surface area contributed by atoms with E-state index in [1.807, 2.05) is 0 Å². The van der Waals surface area contributed by atoms with Crippen LogP contribution in [0.25, 0.3) is 28.4 Å². The first-order valence-electron chi connectivity index (χ1n) is 19.7. The van der Waals surface area contributed by atoms with Crippen LogP contribution in [0.1, 0.15) is 5.56 Å². The fraction of sp³-hybridized carbons (Fsp3) is 0.357. The maximum Gasteiger partial charge on any atom is 0.335 e. The highest BCUT2D eigenvalue weighted by Crippen LogP contribution is 2.36.